The third-order valence-corrected chi connectivity index (χ3v) is 4.36. The molecule has 0 radical (unpaired) electrons. The molecule has 4 nitrogen and oxygen atoms in total. The second kappa shape index (κ2) is 6.50. The molecule has 18 heavy (non-hydrogen) atoms. The molecule has 0 amide bonds. The molecule has 2 rings (SSSR count). The molecule has 2 atom stereocenters. The Kier molecular flexibility index (Phi) is 4.97. The van der Waals surface area contributed by atoms with Crippen molar-refractivity contribution in [2.45, 2.75) is 45.3 Å². The molecule has 1 aromatic heterocycles. The van der Waals surface area contributed by atoms with Crippen LogP contribution in [-0.2, 0) is 4.74 Å². The van der Waals surface area contributed by atoms with Crippen molar-refractivity contribution in [3.8, 4) is 0 Å². The van der Waals surface area contributed by atoms with Gasteiger partial charge in [-0.2, -0.15) is 0 Å². The van der Waals surface area contributed by atoms with Crippen LogP contribution in [-0.4, -0.2) is 35.9 Å². The molecule has 1 aliphatic rings. The maximum Gasteiger partial charge on any atom is 0.185 e. The Balaban J connectivity index is 1.94. The van der Waals surface area contributed by atoms with Gasteiger partial charge in [0.05, 0.1) is 17.1 Å². The number of aromatic nitrogens is 1. The van der Waals surface area contributed by atoms with E-state index in [1.54, 1.807) is 24.5 Å². The summed E-state index contributed by atoms with van der Waals surface area (Å²) in [5.41, 5.74) is 0. The molecule has 5 heteroatoms. The van der Waals surface area contributed by atoms with Crippen LogP contribution in [0.15, 0.2) is 6.20 Å². The van der Waals surface area contributed by atoms with Gasteiger partial charge in [-0.25, -0.2) is 4.98 Å². The van der Waals surface area contributed by atoms with E-state index in [1.165, 1.54) is 0 Å². The van der Waals surface area contributed by atoms with Gasteiger partial charge in [0.1, 0.15) is 0 Å². The standard InChI is InChI=1S/C13H22N2O2S/c1-3-7-17-11-5-4-6-15(9-11)13-14-8-12(18-13)10(2)16/h8,10-11,16H,3-7,9H2,1-2H3. The number of ether oxygens (including phenoxy) is 1. The Morgan fingerprint density at radius 3 is 3.17 bits per heavy atom. The monoisotopic (exact) mass is 270 g/mol. The highest BCUT2D eigenvalue weighted by molar-refractivity contribution is 7.15. The molecule has 0 aliphatic carbocycles. The Hall–Kier alpha value is -0.650. The summed E-state index contributed by atoms with van der Waals surface area (Å²) in [6, 6.07) is 0. The number of rotatable bonds is 5. The van der Waals surface area contributed by atoms with Gasteiger partial charge in [-0.15, -0.1) is 0 Å². The molecule has 1 N–H and O–H groups in total. The molecular weight excluding hydrogens is 248 g/mol. The zero-order valence-electron chi connectivity index (χ0n) is 11.1. The number of anilines is 1. The third kappa shape index (κ3) is 3.43. The fraction of sp³-hybridized carbons (Fsp3) is 0.769. The summed E-state index contributed by atoms with van der Waals surface area (Å²) < 4.78 is 5.82. The van der Waals surface area contributed by atoms with E-state index >= 15 is 0 Å². The number of aliphatic hydroxyl groups excluding tert-OH is 1. The molecule has 102 valence electrons. The molecule has 1 fully saturated rings. The smallest absolute Gasteiger partial charge is 0.185 e. The summed E-state index contributed by atoms with van der Waals surface area (Å²) >= 11 is 1.58. The minimum Gasteiger partial charge on any atom is -0.388 e. The van der Waals surface area contributed by atoms with Crippen molar-refractivity contribution in [1.29, 1.82) is 0 Å². The van der Waals surface area contributed by atoms with Crippen LogP contribution in [0.5, 0.6) is 0 Å². The molecule has 0 saturated carbocycles. The number of thiazole rings is 1. The van der Waals surface area contributed by atoms with Crippen LogP contribution in [0.4, 0.5) is 5.13 Å². The Bertz CT molecular complexity index is 368. The second-order valence-electron chi connectivity index (χ2n) is 4.80. The van der Waals surface area contributed by atoms with E-state index in [-0.39, 0.29) is 0 Å². The Morgan fingerprint density at radius 1 is 1.67 bits per heavy atom. The molecule has 2 unspecified atom stereocenters. The van der Waals surface area contributed by atoms with Gasteiger partial charge in [0.15, 0.2) is 5.13 Å². The van der Waals surface area contributed by atoms with Crippen molar-refractivity contribution in [3.63, 3.8) is 0 Å². The van der Waals surface area contributed by atoms with Crippen molar-refractivity contribution >= 4 is 16.5 Å². The summed E-state index contributed by atoms with van der Waals surface area (Å²) in [7, 11) is 0. The Labute approximate surface area is 113 Å². The molecule has 1 aromatic rings. The lowest BCUT2D eigenvalue weighted by molar-refractivity contribution is 0.0440. The van der Waals surface area contributed by atoms with Crippen LogP contribution < -0.4 is 4.90 Å². The summed E-state index contributed by atoms with van der Waals surface area (Å²) in [5, 5.41) is 10.5. The summed E-state index contributed by atoms with van der Waals surface area (Å²) in [6.07, 6.45) is 5.05. The normalized spacial score (nSPS) is 22.2. The third-order valence-electron chi connectivity index (χ3n) is 3.13. The molecule has 1 saturated heterocycles. The fourth-order valence-electron chi connectivity index (χ4n) is 2.15. The molecule has 0 spiro atoms. The van der Waals surface area contributed by atoms with Crippen LogP contribution in [0.25, 0.3) is 0 Å². The number of hydrogen-bond donors (Lipinski definition) is 1. The SMILES string of the molecule is CCCOC1CCCN(c2ncc(C(C)O)s2)C1. The predicted molar refractivity (Wildman–Crippen MR) is 74.2 cm³/mol. The maximum atomic E-state index is 9.53. The van der Waals surface area contributed by atoms with Gasteiger partial charge in [-0.1, -0.05) is 18.3 Å². The van der Waals surface area contributed by atoms with E-state index in [0.717, 1.165) is 49.0 Å². The van der Waals surface area contributed by atoms with E-state index in [2.05, 4.69) is 16.8 Å². The van der Waals surface area contributed by atoms with Crippen LogP contribution in [0.2, 0.25) is 0 Å². The second-order valence-corrected chi connectivity index (χ2v) is 5.84. The van der Waals surface area contributed by atoms with Crippen LogP contribution in [0.1, 0.15) is 44.1 Å². The summed E-state index contributed by atoms with van der Waals surface area (Å²) in [4.78, 5) is 7.61. The largest absolute Gasteiger partial charge is 0.388 e. The van der Waals surface area contributed by atoms with Gasteiger partial charge < -0.3 is 14.7 Å². The first-order valence-corrected chi connectivity index (χ1v) is 7.52. The zero-order valence-corrected chi connectivity index (χ0v) is 11.9. The molecular formula is C13H22N2O2S. The predicted octanol–water partition coefficient (Wildman–Crippen LogP) is 2.59. The van der Waals surface area contributed by atoms with Crippen LogP contribution in [0.3, 0.4) is 0 Å². The van der Waals surface area contributed by atoms with Gasteiger partial charge >= 0.3 is 0 Å². The van der Waals surface area contributed by atoms with Crippen LogP contribution >= 0.6 is 11.3 Å². The quantitative estimate of drug-likeness (QED) is 0.893. The molecule has 0 aromatic carbocycles. The Morgan fingerprint density at radius 2 is 2.50 bits per heavy atom. The van der Waals surface area contributed by atoms with Crippen LogP contribution in [0, 0.1) is 0 Å². The van der Waals surface area contributed by atoms with Crippen molar-refractivity contribution in [2.24, 2.45) is 0 Å². The van der Waals surface area contributed by atoms with Gasteiger partial charge in [-0.05, 0) is 26.2 Å². The lowest BCUT2D eigenvalue weighted by Gasteiger charge is -2.32. The van der Waals surface area contributed by atoms with E-state index < -0.39 is 6.10 Å². The minimum absolute atomic E-state index is 0.331. The maximum absolute atomic E-state index is 9.53. The van der Waals surface area contributed by atoms with Gasteiger partial charge in [0.2, 0.25) is 0 Å². The van der Waals surface area contributed by atoms with Crippen molar-refractivity contribution in [3.05, 3.63) is 11.1 Å². The minimum atomic E-state index is -0.423. The van der Waals surface area contributed by atoms with Crippen molar-refractivity contribution in [2.75, 3.05) is 24.6 Å². The van der Waals surface area contributed by atoms with E-state index in [4.69, 9.17) is 4.74 Å². The van der Waals surface area contributed by atoms with Gasteiger partial charge in [0, 0.05) is 25.9 Å². The van der Waals surface area contributed by atoms with Gasteiger partial charge in [0.25, 0.3) is 0 Å². The summed E-state index contributed by atoms with van der Waals surface area (Å²) in [5.74, 6) is 0. The first kappa shape index (κ1) is 13.8. The van der Waals surface area contributed by atoms with Crippen molar-refractivity contribution in [1.82, 2.24) is 4.98 Å². The highest BCUT2D eigenvalue weighted by atomic mass is 32.1. The average Bonchev–Trinajstić information content (AvgIpc) is 2.86. The highest BCUT2D eigenvalue weighted by Gasteiger charge is 2.22. The zero-order chi connectivity index (χ0) is 13.0. The topological polar surface area (TPSA) is 45.6 Å². The first-order valence-electron chi connectivity index (χ1n) is 6.71. The lowest BCUT2D eigenvalue weighted by atomic mass is 10.1. The number of piperidine rings is 1. The van der Waals surface area contributed by atoms with Crippen molar-refractivity contribution < 1.29 is 9.84 Å². The first-order chi connectivity index (χ1) is 8.70. The van der Waals surface area contributed by atoms with E-state index in [1.807, 2.05) is 0 Å². The van der Waals surface area contributed by atoms with Gasteiger partial charge in [-0.3, -0.25) is 0 Å². The molecule has 0 bridgehead atoms. The van der Waals surface area contributed by atoms with E-state index in [0.29, 0.717) is 6.10 Å². The van der Waals surface area contributed by atoms with E-state index in [9.17, 15) is 5.11 Å². The number of aliphatic hydroxyl groups is 1. The summed E-state index contributed by atoms with van der Waals surface area (Å²) in [6.45, 7) is 6.72. The molecule has 2 heterocycles. The average molecular weight is 270 g/mol. The highest BCUT2D eigenvalue weighted by Crippen LogP contribution is 2.29. The molecule has 1 aliphatic heterocycles. The number of hydrogen-bond acceptors (Lipinski definition) is 5. The number of nitrogens with zero attached hydrogens (tertiary/aromatic N) is 2. The lowest BCUT2D eigenvalue weighted by Crippen LogP contribution is -2.39. The fourth-order valence-corrected chi connectivity index (χ4v) is 3.04.